The Kier molecular flexibility index (Phi) is 5.75. The molecule has 31 heavy (non-hydrogen) atoms. The number of rotatable bonds is 4. The maximum absolute atomic E-state index is 9.75. The van der Waals surface area contributed by atoms with Gasteiger partial charge in [0, 0.05) is 42.8 Å². The van der Waals surface area contributed by atoms with Crippen LogP contribution < -0.4 is 5.01 Å². The predicted molar refractivity (Wildman–Crippen MR) is 123 cm³/mol. The van der Waals surface area contributed by atoms with Crippen molar-refractivity contribution in [2.45, 2.75) is 32.1 Å². The third-order valence-electron chi connectivity index (χ3n) is 6.51. The molecule has 2 aliphatic heterocycles. The van der Waals surface area contributed by atoms with E-state index in [1.54, 1.807) is 6.33 Å². The van der Waals surface area contributed by atoms with Crippen molar-refractivity contribution in [3.63, 3.8) is 0 Å². The Hall–Kier alpha value is -2.33. The molecule has 0 atom stereocenters. The van der Waals surface area contributed by atoms with Gasteiger partial charge in [-0.2, -0.15) is 10.1 Å². The average molecular weight is 455 g/mol. The molecular weight excluding hydrogens is 431 g/mol. The van der Waals surface area contributed by atoms with Crippen LogP contribution in [-0.4, -0.2) is 52.5 Å². The van der Waals surface area contributed by atoms with Crippen molar-refractivity contribution >= 4 is 23.2 Å². The van der Waals surface area contributed by atoms with Gasteiger partial charge in [0.2, 0.25) is 0 Å². The molecule has 4 aliphatic rings. The fourth-order valence-corrected chi connectivity index (χ4v) is 5.37. The summed E-state index contributed by atoms with van der Waals surface area (Å²) in [5.74, 6) is 0. The first-order chi connectivity index (χ1) is 15.2. The lowest BCUT2D eigenvalue weighted by Gasteiger charge is -2.37. The van der Waals surface area contributed by atoms with E-state index in [-0.39, 0.29) is 0 Å². The van der Waals surface area contributed by atoms with Crippen LogP contribution in [0.15, 0.2) is 24.5 Å². The van der Waals surface area contributed by atoms with Crippen molar-refractivity contribution in [2.75, 3.05) is 37.7 Å². The van der Waals surface area contributed by atoms with Crippen molar-refractivity contribution in [3.8, 4) is 17.5 Å². The van der Waals surface area contributed by atoms with Gasteiger partial charge in [-0.15, -0.1) is 5.10 Å². The van der Waals surface area contributed by atoms with Crippen LogP contribution in [0.3, 0.4) is 0 Å². The van der Waals surface area contributed by atoms with Crippen LogP contribution >= 0.6 is 23.2 Å². The second-order valence-corrected chi connectivity index (χ2v) is 9.12. The zero-order valence-corrected chi connectivity index (χ0v) is 18.8. The molecule has 0 radical (unpaired) electrons. The van der Waals surface area contributed by atoms with E-state index in [1.807, 2.05) is 23.0 Å². The lowest BCUT2D eigenvalue weighted by Crippen LogP contribution is -2.52. The summed E-state index contributed by atoms with van der Waals surface area (Å²) in [6, 6.07) is 8.13. The van der Waals surface area contributed by atoms with E-state index >= 15 is 0 Å². The van der Waals surface area contributed by atoms with Gasteiger partial charge in [0.1, 0.15) is 23.8 Å². The fraction of sp³-hybridized carbons (Fsp3) is 0.435. The Morgan fingerprint density at radius 3 is 2.55 bits per heavy atom. The summed E-state index contributed by atoms with van der Waals surface area (Å²) in [4.78, 5) is 8.97. The van der Waals surface area contributed by atoms with Crippen LogP contribution in [0.4, 0.5) is 0 Å². The highest BCUT2D eigenvalue weighted by atomic mass is 35.5. The van der Waals surface area contributed by atoms with E-state index in [1.165, 1.54) is 11.1 Å². The van der Waals surface area contributed by atoms with Crippen LogP contribution in [0, 0.1) is 11.3 Å². The first-order valence-electron chi connectivity index (χ1n) is 10.8. The lowest BCUT2D eigenvalue weighted by molar-refractivity contribution is 0.237. The minimum absolute atomic E-state index is 0.671. The van der Waals surface area contributed by atoms with Gasteiger partial charge in [-0.25, -0.2) is 4.98 Å². The van der Waals surface area contributed by atoms with Gasteiger partial charge in [0.25, 0.3) is 0 Å². The number of hydrogen-bond donors (Lipinski definition) is 0. The lowest BCUT2D eigenvalue weighted by atomic mass is 9.94. The first kappa shape index (κ1) is 20.6. The summed E-state index contributed by atoms with van der Waals surface area (Å²) < 4.78 is 0. The molecule has 1 saturated heterocycles. The second-order valence-electron chi connectivity index (χ2n) is 8.28. The van der Waals surface area contributed by atoms with Crippen LogP contribution in [-0.2, 0) is 19.3 Å². The summed E-state index contributed by atoms with van der Waals surface area (Å²) in [6.07, 6.45) is 6.76. The van der Waals surface area contributed by atoms with E-state index in [4.69, 9.17) is 23.2 Å². The van der Waals surface area contributed by atoms with Gasteiger partial charge in [-0.1, -0.05) is 29.3 Å². The molecule has 1 aromatic carbocycles. The van der Waals surface area contributed by atoms with E-state index in [2.05, 4.69) is 26.1 Å². The van der Waals surface area contributed by atoms with E-state index < -0.39 is 0 Å². The summed E-state index contributed by atoms with van der Waals surface area (Å²) in [7, 11) is 0. The Morgan fingerprint density at radius 2 is 1.81 bits per heavy atom. The third kappa shape index (κ3) is 3.87. The molecule has 160 valence electrons. The van der Waals surface area contributed by atoms with Crippen molar-refractivity contribution < 1.29 is 0 Å². The van der Waals surface area contributed by atoms with Crippen molar-refractivity contribution in [1.82, 2.24) is 19.8 Å². The first-order valence-corrected chi connectivity index (χ1v) is 11.6. The van der Waals surface area contributed by atoms with Crippen molar-refractivity contribution in [2.24, 2.45) is 0 Å². The van der Waals surface area contributed by atoms with Gasteiger partial charge < -0.3 is 0 Å². The Labute approximate surface area is 192 Å². The molecule has 0 bridgehead atoms. The number of benzene rings is 1. The highest BCUT2D eigenvalue weighted by Gasteiger charge is 2.31. The number of fused-ring (bicyclic) bond motifs is 3. The smallest absolute Gasteiger partial charge is 0.138 e. The van der Waals surface area contributed by atoms with E-state index in [0.29, 0.717) is 5.02 Å². The zero-order valence-electron chi connectivity index (χ0n) is 17.3. The molecule has 0 saturated carbocycles. The van der Waals surface area contributed by atoms with Gasteiger partial charge in [0.05, 0.1) is 5.56 Å². The molecule has 2 heterocycles. The highest BCUT2D eigenvalue weighted by molar-refractivity contribution is 6.35. The largest absolute Gasteiger partial charge is 0.299 e. The SMILES string of the molecule is N#Cc1c2ncnn(N3CCN(CCc4ccc(Cl)cc4Cl)CC3)c-2c2c1CCCC2. The standard InChI is InChI=1S/C23H24Cl2N6/c24-17-6-5-16(21(25)13-17)7-8-29-9-11-30(12-10-29)31-23-19-4-2-1-3-18(19)20(14-26)22(23)27-15-28-31/h5-6,13,15H,1-4,7-12H2. The monoisotopic (exact) mass is 454 g/mol. The van der Waals surface area contributed by atoms with Crippen LogP contribution in [0.2, 0.25) is 10.0 Å². The number of halogens is 2. The summed E-state index contributed by atoms with van der Waals surface area (Å²) >= 11 is 12.3. The molecule has 2 aliphatic carbocycles. The number of nitriles is 1. The number of nitrogens with zero attached hydrogens (tertiary/aromatic N) is 6. The van der Waals surface area contributed by atoms with Crippen molar-refractivity contribution in [1.29, 1.82) is 5.26 Å². The highest BCUT2D eigenvalue weighted by Crippen LogP contribution is 2.38. The normalized spacial score (nSPS) is 17.0. The minimum atomic E-state index is 0.671. The molecular formula is C23H24Cl2N6. The summed E-state index contributed by atoms with van der Waals surface area (Å²) in [5.41, 5.74) is 6.20. The fourth-order valence-electron chi connectivity index (χ4n) is 4.87. The maximum Gasteiger partial charge on any atom is 0.138 e. The van der Waals surface area contributed by atoms with E-state index in [0.717, 1.165) is 92.4 Å². The van der Waals surface area contributed by atoms with Crippen LogP contribution in [0.25, 0.3) is 11.4 Å². The second kappa shape index (κ2) is 8.66. The summed E-state index contributed by atoms with van der Waals surface area (Å²) in [5, 5.41) is 18.0. The molecule has 1 aromatic rings. The van der Waals surface area contributed by atoms with Gasteiger partial charge in [0.15, 0.2) is 0 Å². The zero-order chi connectivity index (χ0) is 21.4. The Bertz CT molecular complexity index is 1110. The van der Waals surface area contributed by atoms with Gasteiger partial charge >= 0.3 is 0 Å². The van der Waals surface area contributed by atoms with Crippen LogP contribution in [0.5, 0.6) is 0 Å². The molecule has 0 amide bonds. The molecule has 0 N–H and O–H groups in total. The summed E-state index contributed by atoms with van der Waals surface area (Å²) in [6.45, 7) is 4.64. The topological polar surface area (TPSA) is 61.0 Å². The number of aromatic nitrogens is 3. The van der Waals surface area contributed by atoms with E-state index in [9.17, 15) is 5.26 Å². The number of hydrogen-bond acceptors (Lipinski definition) is 5. The maximum atomic E-state index is 9.75. The molecule has 5 rings (SSSR count). The number of piperazine rings is 1. The van der Waals surface area contributed by atoms with Gasteiger partial charge in [-0.3, -0.25) is 9.91 Å². The molecule has 1 fully saturated rings. The quantitative estimate of drug-likeness (QED) is 0.597. The molecule has 0 spiro atoms. The molecule has 0 aromatic heterocycles. The minimum Gasteiger partial charge on any atom is -0.299 e. The third-order valence-corrected chi connectivity index (χ3v) is 7.09. The average Bonchev–Trinajstić information content (AvgIpc) is 3.13. The Balaban J connectivity index is 1.30. The molecule has 6 nitrogen and oxygen atoms in total. The molecule has 0 unspecified atom stereocenters. The predicted octanol–water partition coefficient (Wildman–Crippen LogP) is 3.94. The molecule has 8 heteroatoms. The Morgan fingerprint density at radius 1 is 1.03 bits per heavy atom. The van der Waals surface area contributed by atoms with Crippen LogP contribution in [0.1, 0.15) is 35.1 Å². The van der Waals surface area contributed by atoms with Gasteiger partial charge in [-0.05, 0) is 60.9 Å². The van der Waals surface area contributed by atoms with Crippen molar-refractivity contribution in [3.05, 3.63) is 56.8 Å².